The quantitative estimate of drug-likeness (QED) is 0.903. The molecule has 0 bridgehead atoms. The summed E-state index contributed by atoms with van der Waals surface area (Å²) in [5.74, 6) is 0.469. The molecule has 1 heterocycles. The Morgan fingerprint density at radius 2 is 2.14 bits per heavy atom. The van der Waals surface area contributed by atoms with Gasteiger partial charge < -0.3 is 5.32 Å². The second-order valence-electron chi connectivity index (χ2n) is 5.64. The molecule has 0 saturated carbocycles. The van der Waals surface area contributed by atoms with Crippen molar-refractivity contribution in [2.45, 2.75) is 38.1 Å². The highest BCUT2D eigenvalue weighted by molar-refractivity contribution is 7.89. The highest BCUT2D eigenvalue weighted by atomic mass is 35.5. The molecular formula is C15H23ClN2O2S. The summed E-state index contributed by atoms with van der Waals surface area (Å²) in [7, 11) is -1.62. The standard InChI is InChI=1S/C15H23ClN2O2S/c1-4-12-5-6-18(10-12)21(19,20)15-8-14(16)7-13(9-17-3)11(15)2/h7-8,12,17H,4-6,9-10H2,1-3H3. The molecule has 1 unspecified atom stereocenters. The van der Waals surface area contributed by atoms with Crippen LogP contribution in [0.2, 0.25) is 5.02 Å². The van der Waals surface area contributed by atoms with Crippen LogP contribution in [0, 0.1) is 12.8 Å². The third kappa shape index (κ3) is 3.42. The summed E-state index contributed by atoms with van der Waals surface area (Å²) in [6.45, 7) is 5.78. The Labute approximate surface area is 132 Å². The van der Waals surface area contributed by atoms with Crippen molar-refractivity contribution in [2.24, 2.45) is 5.92 Å². The molecular weight excluding hydrogens is 308 g/mol. The Morgan fingerprint density at radius 3 is 2.71 bits per heavy atom. The molecule has 0 spiro atoms. The second kappa shape index (κ2) is 6.65. The van der Waals surface area contributed by atoms with E-state index in [2.05, 4.69) is 12.2 Å². The number of hydrogen-bond acceptors (Lipinski definition) is 3. The lowest BCUT2D eigenvalue weighted by Gasteiger charge is -2.19. The van der Waals surface area contributed by atoms with Crippen LogP contribution in [-0.4, -0.2) is 32.9 Å². The molecule has 1 saturated heterocycles. The average Bonchev–Trinajstić information content (AvgIpc) is 2.92. The minimum Gasteiger partial charge on any atom is -0.316 e. The lowest BCUT2D eigenvalue weighted by atomic mass is 10.1. The zero-order chi connectivity index (χ0) is 15.6. The van der Waals surface area contributed by atoms with Crippen molar-refractivity contribution < 1.29 is 8.42 Å². The van der Waals surface area contributed by atoms with Gasteiger partial charge in [0.15, 0.2) is 0 Å². The van der Waals surface area contributed by atoms with Gasteiger partial charge in [0.25, 0.3) is 0 Å². The van der Waals surface area contributed by atoms with Gasteiger partial charge in [0.2, 0.25) is 10.0 Å². The molecule has 0 aromatic heterocycles. The summed E-state index contributed by atoms with van der Waals surface area (Å²) in [6.07, 6.45) is 1.96. The van der Waals surface area contributed by atoms with Crippen LogP contribution in [0.5, 0.6) is 0 Å². The van der Waals surface area contributed by atoms with Crippen LogP contribution >= 0.6 is 11.6 Å². The first-order valence-electron chi connectivity index (χ1n) is 7.34. The molecule has 1 fully saturated rings. The third-order valence-corrected chi connectivity index (χ3v) is 6.45. The normalized spacial score (nSPS) is 20.1. The molecule has 21 heavy (non-hydrogen) atoms. The van der Waals surface area contributed by atoms with E-state index in [0.717, 1.165) is 24.0 Å². The number of benzene rings is 1. The Kier molecular flexibility index (Phi) is 5.30. The molecule has 1 atom stereocenters. The summed E-state index contributed by atoms with van der Waals surface area (Å²) < 4.78 is 27.3. The van der Waals surface area contributed by atoms with Crippen LogP contribution in [0.25, 0.3) is 0 Å². The van der Waals surface area contributed by atoms with Crippen LogP contribution < -0.4 is 5.32 Å². The van der Waals surface area contributed by atoms with Gasteiger partial charge in [0.1, 0.15) is 0 Å². The number of halogens is 1. The zero-order valence-electron chi connectivity index (χ0n) is 12.8. The number of sulfonamides is 1. The Morgan fingerprint density at radius 1 is 1.43 bits per heavy atom. The summed E-state index contributed by atoms with van der Waals surface area (Å²) in [5.41, 5.74) is 1.71. The molecule has 6 heteroatoms. The molecule has 0 radical (unpaired) electrons. The molecule has 1 aliphatic rings. The van der Waals surface area contributed by atoms with Crippen LogP contribution in [-0.2, 0) is 16.6 Å². The smallest absolute Gasteiger partial charge is 0.243 e. The van der Waals surface area contributed by atoms with Gasteiger partial charge in [-0.15, -0.1) is 0 Å². The third-order valence-electron chi connectivity index (χ3n) is 4.24. The van der Waals surface area contributed by atoms with Gasteiger partial charge in [-0.25, -0.2) is 8.42 Å². The summed E-state index contributed by atoms with van der Waals surface area (Å²) in [5, 5.41) is 3.52. The predicted octanol–water partition coefficient (Wildman–Crippen LogP) is 2.79. The molecule has 4 nitrogen and oxygen atoms in total. The van der Waals surface area contributed by atoms with E-state index in [1.165, 1.54) is 0 Å². The van der Waals surface area contributed by atoms with E-state index >= 15 is 0 Å². The highest BCUT2D eigenvalue weighted by Crippen LogP contribution is 2.30. The summed E-state index contributed by atoms with van der Waals surface area (Å²) in [4.78, 5) is 0.344. The molecule has 1 aliphatic heterocycles. The first kappa shape index (κ1) is 16.7. The fourth-order valence-corrected chi connectivity index (χ4v) is 4.97. The fourth-order valence-electron chi connectivity index (χ4n) is 2.84. The first-order valence-corrected chi connectivity index (χ1v) is 9.15. The molecule has 0 amide bonds. The molecule has 118 valence electrons. The van der Waals surface area contributed by atoms with E-state index in [1.807, 2.05) is 20.0 Å². The van der Waals surface area contributed by atoms with Gasteiger partial charge in [0, 0.05) is 24.7 Å². The van der Waals surface area contributed by atoms with Gasteiger partial charge in [-0.3, -0.25) is 0 Å². The van der Waals surface area contributed by atoms with Crippen molar-refractivity contribution in [1.82, 2.24) is 9.62 Å². The largest absolute Gasteiger partial charge is 0.316 e. The fraction of sp³-hybridized carbons (Fsp3) is 0.600. The maximum atomic E-state index is 12.9. The van der Waals surface area contributed by atoms with Gasteiger partial charge in [-0.2, -0.15) is 4.31 Å². The molecule has 1 aromatic carbocycles. The van der Waals surface area contributed by atoms with Crippen molar-refractivity contribution in [3.05, 3.63) is 28.3 Å². The Balaban J connectivity index is 2.40. The van der Waals surface area contributed by atoms with Crippen molar-refractivity contribution in [3.8, 4) is 0 Å². The summed E-state index contributed by atoms with van der Waals surface area (Å²) in [6, 6.07) is 3.40. The van der Waals surface area contributed by atoms with Crippen LogP contribution in [0.3, 0.4) is 0 Å². The van der Waals surface area contributed by atoms with Gasteiger partial charge in [-0.1, -0.05) is 24.9 Å². The number of rotatable bonds is 5. The van der Waals surface area contributed by atoms with Gasteiger partial charge >= 0.3 is 0 Å². The Hall–Kier alpha value is -0.620. The van der Waals surface area contributed by atoms with Crippen molar-refractivity contribution in [1.29, 1.82) is 0 Å². The topological polar surface area (TPSA) is 49.4 Å². The van der Waals surface area contributed by atoms with E-state index in [0.29, 0.717) is 35.5 Å². The van der Waals surface area contributed by atoms with E-state index < -0.39 is 10.0 Å². The zero-order valence-corrected chi connectivity index (χ0v) is 14.4. The summed E-state index contributed by atoms with van der Waals surface area (Å²) >= 11 is 6.12. The van der Waals surface area contributed by atoms with E-state index in [4.69, 9.17) is 11.6 Å². The van der Waals surface area contributed by atoms with Crippen LogP contribution in [0.4, 0.5) is 0 Å². The lowest BCUT2D eigenvalue weighted by molar-refractivity contribution is 0.452. The van der Waals surface area contributed by atoms with Gasteiger partial charge in [-0.05, 0) is 49.6 Å². The monoisotopic (exact) mass is 330 g/mol. The molecule has 1 aromatic rings. The van der Waals surface area contributed by atoms with Crippen molar-refractivity contribution in [3.63, 3.8) is 0 Å². The molecule has 0 aliphatic carbocycles. The number of hydrogen-bond donors (Lipinski definition) is 1. The average molecular weight is 331 g/mol. The Bertz CT molecular complexity index is 616. The van der Waals surface area contributed by atoms with Crippen molar-refractivity contribution >= 4 is 21.6 Å². The SMILES string of the molecule is CCC1CCN(S(=O)(=O)c2cc(Cl)cc(CNC)c2C)C1. The number of nitrogens with zero attached hydrogens (tertiary/aromatic N) is 1. The second-order valence-corrected chi connectivity index (χ2v) is 7.99. The van der Waals surface area contributed by atoms with E-state index in [1.54, 1.807) is 10.4 Å². The first-order chi connectivity index (χ1) is 9.90. The van der Waals surface area contributed by atoms with E-state index in [-0.39, 0.29) is 0 Å². The minimum absolute atomic E-state index is 0.344. The highest BCUT2D eigenvalue weighted by Gasteiger charge is 2.33. The minimum atomic E-state index is -3.45. The maximum Gasteiger partial charge on any atom is 0.243 e. The van der Waals surface area contributed by atoms with Crippen molar-refractivity contribution in [2.75, 3.05) is 20.1 Å². The molecule has 1 N–H and O–H groups in total. The van der Waals surface area contributed by atoms with Gasteiger partial charge in [0.05, 0.1) is 4.90 Å². The van der Waals surface area contributed by atoms with E-state index in [9.17, 15) is 8.42 Å². The number of nitrogens with one attached hydrogen (secondary N) is 1. The molecule has 2 rings (SSSR count). The predicted molar refractivity (Wildman–Crippen MR) is 86.1 cm³/mol. The maximum absolute atomic E-state index is 12.9. The lowest BCUT2D eigenvalue weighted by Crippen LogP contribution is -2.29. The van der Waals surface area contributed by atoms with Crippen LogP contribution in [0.1, 0.15) is 30.9 Å². The van der Waals surface area contributed by atoms with Crippen LogP contribution in [0.15, 0.2) is 17.0 Å².